The molecule has 1 N–H and O–H groups in total. The third-order valence-electron chi connectivity index (χ3n) is 6.08. The lowest BCUT2D eigenvalue weighted by molar-refractivity contribution is -0.123. The zero-order chi connectivity index (χ0) is 18.0. The fourth-order valence-electron chi connectivity index (χ4n) is 4.30. The number of hydrogen-bond donors (Lipinski definition) is 1. The van der Waals surface area contributed by atoms with E-state index < -0.39 is 0 Å². The number of ether oxygens (including phenoxy) is 2. The van der Waals surface area contributed by atoms with Gasteiger partial charge in [0.1, 0.15) is 11.4 Å². The molecule has 2 fully saturated rings. The molecule has 5 nitrogen and oxygen atoms in total. The van der Waals surface area contributed by atoms with E-state index in [1.165, 1.54) is 12.8 Å². The van der Waals surface area contributed by atoms with Crippen molar-refractivity contribution < 1.29 is 14.3 Å². The number of hydrogen-bond acceptors (Lipinski definition) is 4. The predicted molar refractivity (Wildman–Crippen MR) is 100 cm³/mol. The van der Waals surface area contributed by atoms with Gasteiger partial charge in [0.25, 0.3) is 0 Å². The number of fused-ring (bicyclic) bond motifs is 1. The van der Waals surface area contributed by atoms with Crippen molar-refractivity contribution >= 4 is 5.91 Å². The van der Waals surface area contributed by atoms with Crippen LogP contribution in [0.15, 0.2) is 24.3 Å². The Bertz CT molecular complexity index is 636. The quantitative estimate of drug-likeness (QED) is 0.850. The first-order valence-corrected chi connectivity index (χ1v) is 9.96. The number of likely N-dealkylation sites (tertiary alicyclic amines) is 1. The molecule has 0 aromatic heterocycles. The molecule has 2 aliphatic heterocycles. The van der Waals surface area contributed by atoms with E-state index in [-0.39, 0.29) is 17.6 Å². The van der Waals surface area contributed by atoms with Crippen molar-refractivity contribution in [3.05, 3.63) is 29.8 Å². The Morgan fingerprint density at radius 3 is 2.81 bits per heavy atom. The van der Waals surface area contributed by atoms with Crippen LogP contribution in [0.5, 0.6) is 5.75 Å². The van der Waals surface area contributed by atoms with Gasteiger partial charge in [-0.15, -0.1) is 0 Å². The Kier molecular flexibility index (Phi) is 5.18. The molecule has 2 heterocycles. The molecule has 1 aliphatic carbocycles. The lowest BCUT2D eigenvalue weighted by Gasteiger charge is -2.47. The van der Waals surface area contributed by atoms with Crippen molar-refractivity contribution in [1.82, 2.24) is 10.2 Å². The SMILES string of the molecule is COCCN1CCC2(CC1)CC(NC(=O)CC1CC1)c1ccccc1O2. The van der Waals surface area contributed by atoms with Gasteiger partial charge in [0.05, 0.1) is 12.6 Å². The number of nitrogens with one attached hydrogen (secondary N) is 1. The van der Waals surface area contributed by atoms with Crippen molar-refractivity contribution in [2.24, 2.45) is 5.92 Å². The number of piperidine rings is 1. The van der Waals surface area contributed by atoms with E-state index in [4.69, 9.17) is 9.47 Å². The number of para-hydroxylation sites is 1. The minimum atomic E-state index is -0.157. The van der Waals surface area contributed by atoms with E-state index in [9.17, 15) is 4.79 Å². The number of nitrogens with zero attached hydrogens (tertiary/aromatic N) is 1. The summed E-state index contributed by atoms with van der Waals surface area (Å²) in [4.78, 5) is 14.9. The van der Waals surface area contributed by atoms with Crippen molar-refractivity contribution in [1.29, 1.82) is 0 Å². The number of benzene rings is 1. The van der Waals surface area contributed by atoms with Gasteiger partial charge in [-0.1, -0.05) is 18.2 Å². The molecule has 1 saturated carbocycles. The Balaban J connectivity index is 1.45. The second-order valence-corrected chi connectivity index (χ2v) is 8.13. The van der Waals surface area contributed by atoms with Gasteiger partial charge >= 0.3 is 0 Å². The standard InChI is InChI=1S/C21H30N2O3/c1-25-13-12-23-10-8-21(9-11-23)15-18(22-20(24)14-16-6-7-16)17-4-2-3-5-19(17)26-21/h2-5,16,18H,6-15H2,1H3,(H,22,24). The summed E-state index contributed by atoms with van der Waals surface area (Å²) in [5.74, 6) is 1.76. The van der Waals surface area contributed by atoms with Crippen molar-refractivity contribution in [3.8, 4) is 5.75 Å². The molecule has 1 aromatic carbocycles. The fourth-order valence-corrected chi connectivity index (χ4v) is 4.30. The third-order valence-corrected chi connectivity index (χ3v) is 6.08. The fraction of sp³-hybridized carbons (Fsp3) is 0.667. The molecular formula is C21H30N2O3. The van der Waals surface area contributed by atoms with Gasteiger partial charge < -0.3 is 19.7 Å². The van der Waals surface area contributed by atoms with Crippen LogP contribution in [0, 0.1) is 5.92 Å². The van der Waals surface area contributed by atoms with E-state index >= 15 is 0 Å². The molecule has 1 saturated heterocycles. The van der Waals surface area contributed by atoms with Crippen LogP contribution in [-0.2, 0) is 9.53 Å². The molecule has 1 unspecified atom stereocenters. The summed E-state index contributed by atoms with van der Waals surface area (Å²) in [5.41, 5.74) is 0.971. The Labute approximate surface area is 156 Å². The topological polar surface area (TPSA) is 50.8 Å². The normalized spacial score (nSPS) is 24.7. The van der Waals surface area contributed by atoms with Gasteiger partial charge in [0.15, 0.2) is 0 Å². The van der Waals surface area contributed by atoms with E-state index in [0.29, 0.717) is 12.3 Å². The van der Waals surface area contributed by atoms with Crippen LogP contribution >= 0.6 is 0 Å². The summed E-state index contributed by atoms with van der Waals surface area (Å²) >= 11 is 0. The smallest absolute Gasteiger partial charge is 0.220 e. The maximum Gasteiger partial charge on any atom is 0.220 e. The Morgan fingerprint density at radius 1 is 1.31 bits per heavy atom. The van der Waals surface area contributed by atoms with Gasteiger partial charge in [0, 0.05) is 45.1 Å². The second-order valence-electron chi connectivity index (χ2n) is 8.13. The summed E-state index contributed by atoms with van der Waals surface area (Å²) < 4.78 is 11.7. The van der Waals surface area contributed by atoms with Crippen LogP contribution in [0.4, 0.5) is 0 Å². The second kappa shape index (κ2) is 7.57. The number of carbonyl (C=O) groups excluding carboxylic acids is 1. The van der Waals surface area contributed by atoms with Crippen LogP contribution in [0.2, 0.25) is 0 Å². The van der Waals surface area contributed by atoms with Crippen molar-refractivity contribution in [3.63, 3.8) is 0 Å². The highest BCUT2D eigenvalue weighted by Crippen LogP contribution is 2.44. The molecule has 1 spiro atoms. The van der Waals surface area contributed by atoms with Gasteiger partial charge in [-0.25, -0.2) is 0 Å². The van der Waals surface area contributed by atoms with E-state index in [1.54, 1.807) is 7.11 Å². The van der Waals surface area contributed by atoms with E-state index in [0.717, 1.165) is 56.8 Å². The molecule has 0 radical (unpaired) electrons. The molecule has 0 bridgehead atoms. The summed E-state index contributed by atoms with van der Waals surface area (Å²) in [6.07, 6.45) is 5.97. The number of amides is 1. The minimum absolute atomic E-state index is 0.0664. The highest BCUT2D eigenvalue weighted by molar-refractivity contribution is 5.77. The number of carbonyl (C=O) groups is 1. The zero-order valence-corrected chi connectivity index (χ0v) is 15.7. The van der Waals surface area contributed by atoms with Crippen LogP contribution in [0.3, 0.4) is 0 Å². The van der Waals surface area contributed by atoms with Gasteiger partial charge in [0.2, 0.25) is 5.91 Å². The van der Waals surface area contributed by atoms with E-state index in [1.807, 2.05) is 18.2 Å². The predicted octanol–water partition coefficient (Wildman–Crippen LogP) is 2.91. The molecular weight excluding hydrogens is 328 g/mol. The highest BCUT2D eigenvalue weighted by Gasteiger charge is 2.43. The Morgan fingerprint density at radius 2 is 2.08 bits per heavy atom. The van der Waals surface area contributed by atoms with Crippen LogP contribution in [0.1, 0.15) is 50.1 Å². The summed E-state index contributed by atoms with van der Waals surface area (Å²) in [6, 6.07) is 8.27. The summed E-state index contributed by atoms with van der Waals surface area (Å²) in [6.45, 7) is 3.80. The minimum Gasteiger partial charge on any atom is -0.487 e. The first-order valence-electron chi connectivity index (χ1n) is 9.96. The Hall–Kier alpha value is -1.59. The van der Waals surface area contributed by atoms with Gasteiger partial charge in [-0.3, -0.25) is 4.79 Å². The van der Waals surface area contributed by atoms with Gasteiger partial charge in [-0.2, -0.15) is 0 Å². The average molecular weight is 358 g/mol. The average Bonchev–Trinajstić information content (AvgIpc) is 3.45. The number of rotatable bonds is 6. The molecule has 1 aromatic rings. The monoisotopic (exact) mass is 358 g/mol. The molecule has 26 heavy (non-hydrogen) atoms. The molecule has 1 amide bonds. The number of methoxy groups -OCH3 is 1. The van der Waals surface area contributed by atoms with Crippen molar-refractivity contribution in [2.75, 3.05) is 33.4 Å². The van der Waals surface area contributed by atoms with Crippen LogP contribution in [-0.4, -0.2) is 49.8 Å². The molecule has 142 valence electrons. The maximum absolute atomic E-state index is 12.4. The molecule has 5 heteroatoms. The zero-order valence-electron chi connectivity index (χ0n) is 15.7. The first kappa shape index (κ1) is 17.8. The molecule has 4 rings (SSSR count). The third kappa shape index (κ3) is 4.04. The van der Waals surface area contributed by atoms with Crippen LogP contribution < -0.4 is 10.1 Å². The summed E-state index contributed by atoms with van der Waals surface area (Å²) in [7, 11) is 1.75. The van der Waals surface area contributed by atoms with E-state index in [2.05, 4.69) is 16.3 Å². The van der Waals surface area contributed by atoms with Crippen LogP contribution in [0.25, 0.3) is 0 Å². The lowest BCUT2D eigenvalue weighted by Crippen LogP contribution is -2.52. The maximum atomic E-state index is 12.4. The molecule has 3 aliphatic rings. The largest absolute Gasteiger partial charge is 0.487 e. The van der Waals surface area contributed by atoms with Crippen molar-refractivity contribution in [2.45, 2.75) is 50.2 Å². The van der Waals surface area contributed by atoms with Gasteiger partial charge in [-0.05, 0) is 37.7 Å². The molecule has 1 atom stereocenters. The lowest BCUT2D eigenvalue weighted by atomic mass is 9.80. The summed E-state index contributed by atoms with van der Waals surface area (Å²) in [5, 5.41) is 3.31. The highest BCUT2D eigenvalue weighted by atomic mass is 16.5. The first-order chi connectivity index (χ1) is 12.7.